The summed E-state index contributed by atoms with van der Waals surface area (Å²) in [4.78, 5) is 0. The Labute approximate surface area is 140 Å². The molecule has 108 valence electrons. The van der Waals surface area contributed by atoms with Gasteiger partial charge in [0.25, 0.3) is 5.22 Å². The van der Waals surface area contributed by atoms with Gasteiger partial charge >= 0.3 is 0 Å². The third kappa shape index (κ3) is 3.38. The largest absolute Gasteiger partial charge is 0.411 e. The molecule has 6 heteroatoms. The van der Waals surface area contributed by atoms with E-state index in [1.165, 1.54) is 11.8 Å². The lowest BCUT2D eigenvalue weighted by molar-refractivity contribution is 0.465. The van der Waals surface area contributed by atoms with Crippen molar-refractivity contribution in [3.63, 3.8) is 0 Å². The number of aromatic nitrogens is 2. The molecule has 22 heavy (non-hydrogen) atoms. The van der Waals surface area contributed by atoms with Crippen LogP contribution in [0.5, 0.6) is 0 Å². The zero-order valence-corrected chi connectivity index (χ0v) is 13.8. The number of rotatable bonds is 4. The van der Waals surface area contributed by atoms with Gasteiger partial charge in [0.05, 0.1) is 17.2 Å². The molecule has 3 rings (SSSR count). The average molecular weight is 372 g/mol. The van der Waals surface area contributed by atoms with E-state index in [2.05, 4.69) is 32.2 Å². The highest BCUT2D eigenvalue weighted by Gasteiger charge is 2.11. The Hall–Kier alpha value is -2.10. The Bertz CT molecular complexity index is 841. The maximum Gasteiger partial charge on any atom is 0.277 e. The minimum Gasteiger partial charge on any atom is -0.411 e. The van der Waals surface area contributed by atoms with E-state index in [0.29, 0.717) is 22.4 Å². The minimum atomic E-state index is 0.487. The molecule has 0 aliphatic rings. The lowest BCUT2D eigenvalue weighted by Crippen LogP contribution is -1.82. The van der Waals surface area contributed by atoms with Crippen molar-refractivity contribution < 1.29 is 4.42 Å². The molecule has 0 aliphatic heterocycles. The number of halogens is 1. The van der Waals surface area contributed by atoms with Crippen LogP contribution < -0.4 is 0 Å². The van der Waals surface area contributed by atoms with Crippen molar-refractivity contribution in [1.82, 2.24) is 10.2 Å². The van der Waals surface area contributed by atoms with Crippen molar-refractivity contribution in [2.45, 2.75) is 11.0 Å². The summed E-state index contributed by atoms with van der Waals surface area (Å²) in [5.74, 6) is 1.16. The third-order valence-corrected chi connectivity index (χ3v) is 4.51. The number of benzene rings is 2. The summed E-state index contributed by atoms with van der Waals surface area (Å²) < 4.78 is 6.59. The fourth-order valence-corrected chi connectivity index (χ4v) is 3.05. The Morgan fingerprint density at radius 1 is 1.14 bits per heavy atom. The topological polar surface area (TPSA) is 62.7 Å². The smallest absolute Gasteiger partial charge is 0.277 e. The molecule has 1 aromatic heterocycles. The summed E-state index contributed by atoms with van der Waals surface area (Å²) in [6.45, 7) is 0. The second kappa shape index (κ2) is 6.77. The molecule has 0 spiro atoms. The SMILES string of the molecule is N#Cc1cccc(CSc2nnc(-c3ccccc3Br)o2)c1. The van der Waals surface area contributed by atoms with E-state index < -0.39 is 0 Å². The summed E-state index contributed by atoms with van der Waals surface area (Å²) >= 11 is 4.92. The van der Waals surface area contributed by atoms with Gasteiger partial charge in [-0.15, -0.1) is 10.2 Å². The molecule has 0 aliphatic carbocycles. The zero-order valence-electron chi connectivity index (χ0n) is 11.4. The molecular weight excluding hydrogens is 362 g/mol. The van der Waals surface area contributed by atoms with E-state index in [0.717, 1.165) is 15.6 Å². The van der Waals surface area contributed by atoms with E-state index in [1.807, 2.05) is 42.5 Å². The molecule has 4 nitrogen and oxygen atoms in total. The molecule has 0 saturated heterocycles. The molecule has 0 saturated carbocycles. The Morgan fingerprint density at radius 3 is 2.82 bits per heavy atom. The van der Waals surface area contributed by atoms with Gasteiger partial charge in [0.2, 0.25) is 5.89 Å². The van der Waals surface area contributed by atoms with Gasteiger partial charge in [0.1, 0.15) is 0 Å². The Balaban J connectivity index is 1.72. The van der Waals surface area contributed by atoms with Crippen LogP contribution in [0.15, 0.2) is 62.6 Å². The highest BCUT2D eigenvalue weighted by molar-refractivity contribution is 9.10. The quantitative estimate of drug-likeness (QED) is 0.623. The molecule has 0 fully saturated rings. The molecule has 0 radical (unpaired) electrons. The van der Waals surface area contributed by atoms with Gasteiger partial charge in [-0.05, 0) is 45.8 Å². The van der Waals surface area contributed by atoms with Crippen molar-refractivity contribution in [1.29, 1.82) is 5.26 Å². The first-order chi connectivity index (χ1) is 10.8. The number of hydrogen-bond acceptors (Lipinski definition) is 5. The van der Waals surface area contributed by atoms with Crippen LogP contribution in [0.4, 0.5) is 0 Å². The molecule has 2 aromatic carbocycles. The van der Waals surface area contributed by atoms with E-state index in [9.17, 15) is 0 Å². The van der Waals surface area contributed by atoms with Gasteiger partial charge in [-0.2, -0.15) is 5.26 Å². The van der Waals surface area contributed by atoms with Crippen LogP contribution >= 0.6 is 27.7 Å². The highest BCUT2D eigenvalue weighted by Crippen LogP contribution is 2.30. The summed E-state index contributed by atoms with van der Waals surface area (Å²) in [7, 11) is 0. The summed E-state index contributed by atoms with van der Waals surface area (Å²) in [6, 6.07) is 17.3. The normalized spacial score (nSPS) is 10.4. The van der Waals surface area contributed by atoms with E-state index >= 15 is 0 Å². The summed E-state index contributed by atoms with van der Waals surface area (Å²) in [5.41, 5.74) is 2.57. The van der Waals surface area contributed by atoms with Crippen molar-refractivity contribution in [3.8, 4) is 17.5 Å². The van der Waals surface area contributed by atoms with Crippen LogP contribution in [-0.2, 0) is 5.75 Å². The van der Waals surface area contributed by atoms with Crippen molar-refractivity contribution in [2.24, 2.45) is 0 Å². The fourth-order valence-electron chi connectivity index (χ4n) is 1.89. The van der Waals surface area contributed by atoms with Crippen LogP contribution in [-0.4, -0.2) is 10.2 Å². The van der Waals surface area contributed by atoms with Crippen LogP contribution in [0.3, 0.4) is 0 Å². The van der Waals surface area contributed by atoms with Gasteiger partial charge in [0, 0.05) is 10.2 Å². The van der Waals surface area contributed by atoms with Gasteiger partial charge in [-0.3, -0.25) is 0 Å². The van der Waals surface area contributed by atoms with Crippen molar-refractivity contribution >= 4 is 27.7 Å². The Kier molecular flexibility index (Phi) is 4.56. The first kappa shape index (κ1) is 14.8. The van der Waals surface area contributed by atoms with Gasteiger partial charge < -0.3 is 4.42 Å². The van der Waals surface area contributed by atoms with Crippen molar-refractivity contribution in [2.75, 3.05) is 0 Å². The lowest BCUT2D eigenvalue weighted by Gasteiger charge is -1.99. The van der Waals surface area contributed by atoms with Crippen LogP contribution in [0.1, 0.15) is 11.1 Å². The van der Waals surface area contributed by atoms with E-state index in [-0.39, 0.29) is 0 Å². The van der Waals surface area contributed by atoms with Crippen LogP contribution in [0.2, 0.25) is 0 Å². The monoisotopic (exact) mass is 371 g/mol. The molecule has 0 N–H and O–H groups in total. The molecule has 0 atom stereocenters. The van der Waals surface area contributed by atoms with Gasteiger partial charge in [-0.25, -0.2) is 0 Å². The molecular formula is C16H10BrN3OS. The summed E-state index contributed by atoms with van der Waals surface area (Å²) in [6.07, 6.45) is 0. The lowest BCUT2D eigenvalue weighted by atomic mass is 10.2. The van der Waals surface area contributed by atoms with Crippen molar-refractivity contribution in [3.05, 3.63) is 64.1 Å². The first-order valence-electron chi connectivity index (χ1n) is 6.46. The standard InChI is InChI=1S/C16H10BrN3OS/c17-14-7-2-1-6-13(14)15-19-20-16(21-15)22-10-12-5-3-4-11(8-12)9-18/h1-8H,10H2. The minimum absolute atomic E-state index is 0.487. The molecule has 3 aromatic rings. The van der Waals surface area contributed by atoms with Gasteiger partial charge in [0.15, 0.2) is 0 Å². The van der Waals surface area contributed by atoms with E-state index in [1.54, 1.807) is 6.07 Å². The Morgan fingerprint density at radius 2 is 2.00 bits per heavy atom. The fraction of sp³-hybridized carbons (Fsp3) is 0.0625. The third-order valence-electron chi connectivity index (χ3n) is 2.93. The number of hydrogen-bond donors (Lipinski definition) is 0. The predicted molar refractivity (Wildman–Crippen MR) is 88.2 cm³/mol. The average Bonchev–Trinajstić information content (AvgIpc) is 3.02. The first-order valence-corrected chi connectivity index (χ1v) is 8.24. The van der Waals surface area contributed by atoms with E-state index in [4.69, 9.17) is 9.68 Å². The highest BCUT2D eigenvalue weighted by atomic mass is 79.9. The number of thioether (sulfide) groups is 1. The molecule has 1 heterocycles. The predicted octanol–water partition coefficient (Wildman–Crippen LogP) is 4.66. The second-order valence-electron chi connectivity index (χ2n) is 4.45. The second-order valence-corrected chi connectivity index (χ2v) is 6.23. The summed E-state index contributed by atoms with van der Waals surface area (Å²) in [5, 5.41) is 17.5. The number of nitrogens with zero attached hydrogens (tertiary/aromatic N) is 3. The maximum absolute atomic E-state index is 8.90. The van der Waals surface area contributed by atoms with Crippen LogP contribution in [0.25, 0.3) is 11.5 Å². The molecule has 0 unspecified atom stereocenters. The zero-order chi connectivity index (χ0) is 15.4. The van der Waals surface area contributed by atoms with Gasteiger partial charge in [-0.1, -0.05) is 36.0 Å². The number of nitriles is 1. The molecule has 0 bridgehead atoms. The molecule has 0 amide bonds. The van der Waals surface area contributed by atoms with Crippen LogP contribution in [0, 0.1) is 11.3 Å². The maximum atomic E-state index is 8.90.